The summed E-state index contributed by atoms with van der Waals surface area (Å²) in [5.41, 5.74) is 7.60. The molecular weight excluding hydrogens is 316 g/mol. The Kier molecular flexibility index (Phi) is 3.81. The molecule has 2 aromatic carbocycles. The van der Waals surface area contributed by atoms with Gasteiger partial charge in [-0.25, -0.2) is 0 Å². The van der Waals surface area contributed by atoms with Gasteiger partial charge in [-0.05, 0) is 65.1 Å². The molecule has 0 bridgehead atoms. The molecule has 0 saturated heterocycles. The fraction of sp³-hybridized carbons (Fsp3) is 0.280. The Morgan fingerprint density at radius 2 is 1.81 bits per heavy atom. The van der Waals surface area contributed by atoms with Crippen LogP contribution in [-0.4, -0.2) is 5.11 Å². The molecule has 0 aromatic heterocycles. The summed E-state index contributed by atoms with van der Waals surface area (Å²) in [6, 6.07) is 14.6. The lowest BCUT2D eigenvalue weighted by Crippen LogP contribution is -2.05. The van der Waals surface area contributed by atoms with Gasteiger partial charge in [-0.3, -0.25) is 0 Å². The van der Waals surface area contributed by atoms with E-state index in [1.54, 1.807) is 6.07 Å². The molecule has 0 radical (unpaired) electrons. The van der Waals surface area contributed by atoms with E-state index in [1.807, 2.05) is 18.2 Å². The van der Waals surface area contributed by atoms with Gasteiger partial charge in [0.25, 0.3) is 0 Å². The van der Waals surface area contributed by atoms with Gasteiger partial charge in [0, 0.05) is 11.5 Å². The van der Waals surface area contributed by atoms with Crippen molar-refractivity contribution in [3.63, 3.8) is 0 Å². The van der Waals surface area contributed by atoms with Gasteiger partial charge in [0.2, 0.25) is 0 Å². The first kappa shape index (κ1) is 15.7. The largest absolute Gasteiger partial charge is 0.507 e. The maximum atomic E-state index is 10.1. The molecule has 130 valence electrons. The van der Waals surface area contributed by atoms with Crippen LogP contribution in [0.25, 0.3) is 17.2 Å². The maximum Gasteiger partial charge on any atom is 0.123 e. The highest BCUT2D eigenvalue weighted by Crippen LogP contribution is 2.44. The van der Waals surface area contributed by atoms with Crippen LogP contribution in [-0.2, 0) is 0 Å². The van der Waals surface area contributed by atoms with E-state index in [-0.39, 0.29) is 0 Å². The summed E-state index contributed by atoms with van der Waals surface area (Å²) in [7, 11) is 0. The molecule has 3 aliphatic rings. The Hall–Kier alpha value is -2.54. The summed E-state index contributed by atoms with van der Waals surface area (Å²) in [6.07, 6.45) is 15.7. The highest BCUT2D eigenvalue weighted by molar-refractivity contribution is 5.91. The first-order valence-electron chi connectivity index (χ1n) is 9.81. The number of rotatable bonds is 3. The minimum Gasteiger partial charge on any atom is -0.507 e. The van der Waals surface area contributed by atoms with Crippen LogP contribution in [0.1, 0.15) is 60.3 Å². The van der Waals surface area contributed by atoms with Crippen molar-refractivity contribution in [2.75, 3.05) is 0 Å². The third-order valence-corrected chi connectivity index (χ3v) is 6.29. The summed E-state index contributed by atoms with van der Waals surface area (Å²) >= 11 is 0. The van der Waals surface area contributed by atoms with Gasteiger partial charge in [-0.15, -0.1) is 0 Å². The molecule has 0 aliphatic heterocycles. The van der Waals surface area contributed by atoms with E-state index in [1.165, 1.54) is 53.5 Å². The molecule has 1 fully saturated rings. The monoisotopic (exact) mass is 340 g/mol. The van der Waals surface area contributed by atoms with Crippen LogP contribution in [0.4, 0.5) is 0 Å². The second-order valence-electron chi connectivity index (χ2n) is 7.82. The molecule has 2 aromatic rings. The summed E-state index contributed by atoms with van der Waals surface area (Å²) in [6.45, 7) is 0. The minimum absolute atomic E-state index is 0.365. The first-order valence-corrected chi connectivity index (χ1v) is 9.81. The van der Waals surface area contributed by atoms with E-state index in [9.17, 15) is 5.11 Å². The van der Waals surface area contributed by atoms with E-state index in [0.29, 0.717) is 11.7 Å². The lowest BCUT2D eigenvalue weighted by Gasteiger charge is -2.18. The van der Waals surface area contributed by atoms with E-state index >= 15 is 0 Å². The molecule has 0 spiro atoms. The Labute approximate surface area is 155 Å². The summed E-state index contributed by atoms with van der Waals surface area (Å²) < 4.78 is 0. The highest BCUT2D eigenvalue weighted by atomic mass is 16.3. The number of para-hydroxylation sites is 1. The number of allylic oxidation sites excluding steroid dienone is 5. The molecule has 5 rings (SSSR count). The Morgan fingerprint density at radius 3 is 2.65 bits per heavy atom. The number of hydrogen-bond donors (Lipinski definition) is 1. The van der Waals surface area contributed by atoms with Crippen LogP contribution in [0, 0.1) is 5.92 Å². The zero-order valence-electron chi connectivity index (χ0n) is 15.0. The van der Waals surface area contributed by atoms with Gasteiger partial charge in [0.05, 0.1) is 0 Å². The number of hydrogen-bond acceptors (Lipinski definition) is 1. The predicted octanol–water partition coefficient (Wildman–Crippen LogP) is 6.56. The zero-order valence-corrected chi connectivity index (χ0v) is 15.0. The third-order valence-electron chi connectivity index (χ3n) is 6.29. The Bertz CT molecular complexity index is 938. The van der Waals surface area contributed by atoms with Crippen molar-refractivity contribution in [1.29, 1.82) is 0 Å². The normalized spacial score (nSPS) is 21.8. The molecule has 1 heteroatoms. The molecular formula is C25H24O. The number of phenolic OH excluding ortho intramolecular Hbond substituents is 1. The SMILES string of the molecule is Oc1ccccc1C1=CC(c2ccc3c(c2)C=CC3C2CCCC2)=CC1. The molecule has 26 heavy (non-hydrogen) atoms. The van der Waals surface area contributed by atoms with Gasteiger partial charge in [-0.2, -0.15) is 0 Å². The van der Waals surface area contributed by atoms with Crippen molar-refractivity contribution in [2.24, 2.45) is 5.92 Å². The minimum atomic E-state index is 0.365. The summed E-state index contributed by atoms with van der Waals surface area (Å²) in [5.74, 6) is 1.84. The molecule has 0 heterocycles. The molecule has 1 N–H and O–H groups in total. The van der Waals surface area contributed by atoms with Crippen molar-refractivity contribution >= 4 is 17.2 Å². The highest BCUT2D eigenvalue weighted by Gasteiger charge is 2.28. The molecule has 1 saturated carbocycles. The second-order valence-corrected chi connectivity index (χ2v) is 7.82. The van der Waals surface area contributed by atoms with Crippen LogP contribution in [0.2, 0.25) is 0 Å². The quantitative estimate of drug-likeness (QED) is 0.670. The van der Waals surface area contributed by atoms with Gasteiger partial charge in [0.15, 0.2) is 0 Å². The predicted molar refractivity (Wildman–Crippen MR) is 109 cm³/mol. The Morgan fingerprint density at radius 1 is 0.962 bits per heavy atom. The fourth-order valence-electron chi connectivity index (χ4n) is 4.90. The number of fused-ring (bicyclic) bond motifs is 1. The second kappa shape index (κ2) is 6.32. The van der Waals surface area contributed by atoms with E-state index in [2.05, 4.69) is 42.5 Å². The molecule has 1 atom stereocenters. The maximum absolute atomic E-state index is 10.1. The van der Waals surface area contributed by atoms with Gasteiger partial charge >= 0.3 is 0 Å². The first-order chi connectivity index (χ1) is 12.8. The molecule has 0 amide bonds. The Balaban J connectivity index is 1.42. The fourth-order valence-corrected chi connectivity index (χ4v) is 4.90. The van der Waals surface area contributed by atoms with Gasteiger partial charge in [0.1, 0.15) is 5.75 Å². The summed E-state index contributed by atoms with van der Waals surface area (Å²) in [5, 5.41) is 10.1. The lowest BCUT2D eigenvalue weighted by molar-refractivity contribution is 0.473. The van der Waals surface area contributed by atoms with Crippen molar-refractivity contribution < 1.29 is 5.11 Å². The van der Waals surface area contributed by atoms with Crippen LogP contribution in [0.15, 0.2) is 60.7 Å². The standard InChI is InChI=1S/C25H24O/c26-25-8-4-3-7-24(25)21-10-9-18(16-21)19-11-13-23-20(15-19)12-14-22(23)17-5-1-2-6-17/h3-4,7-9,11-17,22,26H,1-2,5-6,10H2. The zero-order chi connectivity index (χ0) is 17.5. The topological polar surface area (TPSA) is 20.2 Å². The number of aromatic hydroxyl groups is 1. The van der Waals surface area contributed by atoms with E-state index in [4.69, 9.17) is 0 Å². The third kappa shape index (κ3) is 2.63. The number of benzene rings is 2. The molecule has 1 nitrogen and oxygen atoms in total. The van der Waals surface area contributed by atoms with E-state index < -0.39 is 0 Å². The van der Waals surface area contributed by atoms with Crippen LogP contribution in [0.3, 0.4) is 0 Å². The van der Waals surface area contributed by atoms with Gasteiger partial charge < -0.3 is 5.11 Å². The van der Waals surface area contributed by atoms with Crippen molar-refractivity contribution in [2.45, 2.75) is 38.0 Å². The van der Waals surface area contributed by atoms with Crippen LogP contribution < -0.4 is 0 Å². The van der Waals surface area contributed by atoms with Crippen molar-refractivity contribution in [1.82, 2.24) is 0 Å². The average Bonchev–Trinajstić information content (AvgIpc) is 3.41. The van der Waals surface area contributed by atoms with E-state index in [0.717, 1.165) is 17.9 Å². The van der Waals surface area contributed by atoms with Crippen LogP contribution >= 0.6 is 0 Å². The lowest BCUT2D eigenvalue weighted by atomic mass is 9.86. The van der Waals surface area contributed by atoms with Crippen molar-refractivity contribution in [3.05, 3.63) is 82.9 Å². The molecule has 1 unspecified atom stereocenters. The smallest absolute Gasteiger partial charge is 0.123 e. The number of phenols is 1. The van der Waals surface area contributed by atoms with Gasteiger partial charge in [-0.1, -0.05) is 67.5 Å². The summed E-state index contributed by atoms with van der Waals surface area (Å²) in [4.78, 5) is 0. The van der Waals surface area contributed by atoms with Crippen molar-refractivity contribution in [3.8, 4) is 5.75 Å². The van der Waals surface area contributed by atoms with Crippen LogP contribution in [0.5, 0.6) is 5.75 Å². The average molecular weight is 340 g/mol. The molecule has 3 aliphatic carbocycles.